The van der Waals surface area contributed by atoms with Crippen LogP contribution < -0.4 is 0 Å². The first-order valence-corrected chi connectivity index (χ1v) is 6.02. The van der Waals surface area contributed by atoms with Crippen LogP contribution in [-0.2, 0) is 0 Å². The minimum atomic E-state index is 0.293. The van der Waals surface area contributed by atoms with Crippen LogP contribution in [0, 0.1) is 4.77 Å². The average Bonchev–Trinajstić information content (AvgIpc) is 2.96. The van der Waals surface area contributed by atoms with Gasteiger partial charge in [-0.3, -0.25) is 9.67 Å². The van der Waals surface area contributed by atoms with E-state index in [1.165, 1.54) is 6.26 Å². The van der Waals surface area contributed by atoms with Crippen molar-refractivity contribution in [2.24, 2.45) is 0 Å². The summed E-state index contributed by atoms with van der Waals surface area (Å²) < 4.78 is 7.40. The zero-order valence-electron chi connectivity index (χ0n) is 9.13. The molecule has 4 nitrogen and oxygen atoms in total. The standard InChI is InChI=1S/C12H8ClN3OS/c13-10-9(6-7-17-10)11-14-15-12(18)16(11)8-4-2-1-3-5-8/h1-7H,(H,15,18). The lowest BCUT2D eigenvalue weighted by molar-refractivity contribution is 0.570. The van der Waals surface area contributed by atoms with Gasteiger partial charge in [0, 0.05) is 5.69 Å². The number of nitrogens with zero attached hydrogens (tertiary/aromatic N) is 2. The van der Waals surface area contributed by atoms with Crippen molar-refractivity contribution >= 4 is 23.8 Å². The van der Waals surface area contributed by atoms with Crippen LogP contribution in [0.25, 0.3) is 17.1 Å². The Morgan fingerprint density at radius 3 is 2.67 bits per heavy atom. The van der Waals surface area contributed by atoms with Gasteiger partial charge in [0.05, 0.1) is 11.8 Å². The molecule has 0 aliphatic carbocycles. The number of hydrogen-bond donors (Lipinski definition) is 1. The molecular formula is C12H8ClN3OS. The molecule has 0 fully saturated rings. The van der Waals surface area contributed by atoms with Crippen LogP contribution in [0.5, 0.6) is 0 Å². The molecule has 90 valence electrons. The monoisotopic (exact) mass is 277 g/mol. The summed E-state index contributed by atoms with van der Waals surface area (Å²) >= 11 is 11.2. The highest BCUT2D eigenvalue weighted by molar-refractivity contribution is 7.71. The van der Waals surface area contributed by atoms with Crippen molar-refractivity contribution in [1.29, 1.82) is 0 Å². The molecule has 0 spiro atoms. The molecule has 1 aromatic carbocycles. The average molecular weight is 278 g/mol. The van der Waals surface area contributed by atoms with E-state index < -0.39 is 0 Å². The fraction of sp³-hybridized carbons (Fsp3) is 0. The summed E-state index contributed by atoms with van der Waals surface area (Å²) in [5.74, 6) is 0.630. The molecule has 0 atom stereocenters. The van der Waals surface area contributed by atoms with E-state index >= 15 is 0 Å². The lowest BCUT2D eigenvalue weighted by Gasteiger charge is -2.04. The molecule has 3 rings (SSSR count). The fourth-order valence-electron chi connectivity index (χ4n) is 1.75. The number of halogens is 1. The number of H-pyrrole nitrogens is 1. The molecule has 2 aromatic heterocycles. The maximum Gasteiger partial charge on any atom is 0.204 e. The summed E-state index contributed by atoms with van der Waals surface area (Å²) in [6.07, 6.45) is 1.52. The predicted molar refractivity (Wildman–Crippen MR) is 71.5 cm³/mol. The third kappa shape index (κ3) is 1.77. The minimum Gasteiger partial charge on any atom is -0.452 e. The number of benzene rings is 1. The summed E-state index contributed by atoms with van der Waals surface area (Å²) in [4.78, 5) is 0. The van der Waals surface area contributed by atoms with Crippen molar-refractivity contribution in [3.05, 3.63) is 52.7 Å². The Bertz CT molecular complexity index is 729. The zero-order chi connectivity index (χ0) is 12.5. The van der Waals surface area contributed by atoms with Gasteiger partial charge in [-0.25, -0.2) is 0 Å². The second-order valence-electron chi connectivity index (χ2n) is 3.63. The van der Waals surface area contributed by atoms with E-state index in [0.717, 1.165) is 5.69 Å². The smallest absolute Gasteiger partial charge is 0.204 e. The Morgan fingerprint density at radius 2 is 2.00 bits per heavy atom. The Labute approximate surface area is 113 Å². The van der Waals surface area contributed by atoms with E-state index in [4.69, 9.17) is 28.2 Å². The van der Waals surface area contributed by atoms with Gasteiger partial charge in [-0.15, -0.1) is 0 Å². The first-order chi connectivity index (χ1) is 8.77. The number of nitrogens with one attached hydrogen (secondary N) is 1. The highest BCUT2D eigenvalue weighted by Gasteiger charge is 2.15. The maximum absolute atomic E-state index is 5.98. The number of aromatic amines is 1. The van der Waals surface area contributed by atoms with Crippen molar-refractivity contribution in [3.8, 4) is 17.1 Å². The molecule has 0 aliphatic heterocycles. The molecule has 2 heterocycles. The van der Waals surface area contributed by atoms with Crippen molar-refractivity contribution in [2.45, 2.75) is 0 Å². The van der Waals surface area contributed by atoms with Crippen molar-refractivity contribution in [2.75, 3.05) is 0 Å². The molecule has 0 amide bonds. The topological polar surface area (TPSA) is 46.8 Å². The van der Waals surface area contributed by atoms with Gasteiger partial charge in [-0.2, -0.15) is 5.10 Å². The molecule has 6 heteroatoms. The summed E-state index contributed by atoms with van der Waals surface area (Å²) in [6.45, 7) is 0. The predicted octanol–water partition coefficient (Wildman–Crippen LogP) is 3.84. The van der Waals surface area contributed by atoms with Gasteiger partial charge in [0.1, 0.15) is 0 Å². The Hall–Kier alpha value is -1.85. The number of aromatic nitrogens is 3. The largest absolute Gasteiger partial charge is 0.452 e. The molecule has 3 aromatic rings. The van der Waals surface area contributed by atoms with E-state index in [2.05, 4.69) is 10.2 Å². The molecular weight excluding hydrogens is 270 g/mol. The Morgan fingerprint density at radius 1 is 1.22 bits per heavy atom. The van der Waals surface area contributed by atoms with Gasteiger partial charge in [-0.05, 0) is 42.0 Å². The third-order valence-corrected chi connectivity index (χ3v) is 3.11. The van der Waals surface area contributed by atoms with Crippen LogP contribution in [0.3, 0.4) is 0 Å². The minimum absolute atomic E-state index is 0.293. The zero-order valence-corrected chi connectivity index (χ0v) is 10.7. The van der Waals surface area contributed by atoms with Crippen LogP contribution in [-0.4, -0.2) is 14.8 Å². The third-order valence-electron chi connectivity index (χ3n) is 2.55. The van der Waals surface area contributed by atoms with Crippen molar-refractivity contribution < 1.29 is 4.42 Å². The van der Waals surface area contributed by atoms with E-state index in [0.29, 0.717) is 21.4 Å². The number of rotatable bonds is 2. The van der Waals surface area contributed by atoms with Gasteiger partial charge in [0.25, 0.3) is 0 Å². The molecule has 0 saturated heterocycles. The Kier molecular flexibility index (Phi) is 2.77. The number of para-hydroxylation sites is 1. The molecule has 1 N–H and O–H groups in total. The maximum atomic E-state index is 5.98. The van der Waals surface area contributed by atoms with Crippen molar-refractivity contribution in [1.82, 2.24) is 14.8 Å². The molecule has 0 aliphatic rings. The summed E-state index contributed by atoms with van der Waals surface area (Å²) in [5, 5.41) is 7.26. The summed E-state index contributed by atoms with van der Waals surface area (Å²) in [7, 11) is 0. The van der Waals surface area contributed by atoms with E-state index in [-0.39, 0.29) is 0 Å². The second-order valence-corrected chi connectivity index (χ2v) is 4.36. The number of hydrogen-bond acceptors (Lipinski definition) is 3. The molecule has 0 unspecified atom stereocenters. The first kappa shape index (κ1) is 11.3. The summed E-state index contributed by atoms with van der Waals surface area (Å²) in [6, 6.07) is 11.5. The van der Waals surface area contributed by atoms with Crippen LogP contribution >= 0.6 is 23.8 Å². The van der Waals surface area contributed by atoms with E-state index in [1.54, 1.807) is 6.07 Å². The lowest BCUT2D eigenvalue weighted by atomic mass is 10.3. The molecule has 0 saturated carbocycles. The van der Waals surface area contributed by atoms with Crippen LogP contribution in [0.2, 0.25) is 5.22 Å². The normalized spacial score (nSPS) is 10.7. The molecule has 18 heavy (non-hydrogen) atoms. The van der Waals surface area contributed by atoms with Crippen molar-refractivity contribution in [3.63, 3.8) is 0 Å². The van der Waals surface area contributed by atoms with Crippen LogP contribution in [0.1, 0.15) is 0 Å². The van der Waals surface area contributed by atoms with E-state index in [9.17, 15) is 0 Å². The van der Waals surface area contributed by atoms with Gasteiger partial charge in [0.15, 0.2) is 10.6 Å². The summed E-state index contributed by atoms with van der Waals surface area (Å²) in [5.41, 5.74) is 1.62. The van der Waals surface area contributed by atoms with Gasteiger partial charge < -0.3 is 4.42 Å². The number of furan rings is 1. The lowest BCUT2D eigenvalue weighted by Crippen LogP contribution is -1.96. The van der Waals surface area contributed by atoms with Crippen LogP contribution in [0.15, 0.2) is 47.1 Å². The molecule has 0 radical (unpaired) electrons. The van der Waals surface area contributed by atoms with Gasteiger partial charge in [-0.1, -0.05) is 18.2 Å². The van der Waals surface area contributed by atoms with Gasteiger partial charge in [0.2, 0.25) is 5.22 Å². The highest BCUT2D eigenvalue weighted by Crippen LogP contribution is 2.29. The second kappa shape index (κ2) is 4.44. The van der Waals surface area contributed by atoms with E-state index in [1.807, 2.05) is 34.9 Å². The SMILES string of the molecule is S=c1[nH]nc(-c2ccoc2Cl)n1-c1ccccc1. The fourth-order valence-corrected chi connectivity index (χ4v) is 2.18. The highest BCUT2D eigenvalue weighted by atomic mass is 35.5. The Balaban J connectivity index is 2.26. The van der Waals surface area contributed by atoms with Gasteiger partial charge >= 0.3 is 0 Å². The molecule has 0 bridgehead atoms. The first-order valence-electron chi connectivity index (χ1n) is 5.23. The van der Waals surface area contributed by atoms with Crippen LogP contribution in [0.4, 0.5) is 0 Å². The quantitative estimate of drug-likeness (QED) is 0.724.